The Morgan fingerprint density at radius 1 is 1.44 bits per heavy atom. The Morgan fingerprint density at radius 3 is 2.78 bits per heavy atom. The highest BCUT2D eigenvalue weighted by atomic mass is 16.5. The van der Waals surface area contributed by atoms with Gasteiger partial charge in [0.25, 0.3) is 0 Å². The van der Waals surface area contributed by atoms with Crippen LogP contribution in [0.5, 0.6) is 0 Å². The van der Waals surface area contributed by atoms with E-state index in [2.05, 4.69) is 36.1 Å². The second-order valence-corrected chi connectivity index (χ2v) is 4.71. The first-order valence-electron chi connectivity index (χ1n) is 6.57. The van der Waals surface area contributed by atoms with Gasteiger partial charge in [-0.3, -0.25) is 0 Å². The lowest BCUT2D eigenvalue weighted by Gasteiger charge is -2.36. The van der Waals surface area contributed by atoms with E-state index < -0.39 is 0 Å². The molecule has 0 bridgehead atoms. The highest BCUT2D eigenvalue weighted by Crippen LogP contribution is 2.22. The zero-order chi connectivity index (χ0) is 13.0. The monoisotopic (exact) mass is 250 g/mol. The molecule has 1 heterocycles. The number of benzene rings is 1. The van der Waals surface area contributed by atoms with Gasteiger partial charge in [-0.1, -0.05) is 19.1 Å². The normalized spacial score (nSPS) is 21.9. The zero-order valence-electron chi connectivity index (χ0n) is 10.9. The van der Waals surface area contributed by atoms with Crippen molar-refractivity contribution in [2.45, 2.75) is 25.4 Å². The third-order valence-electron chi connectivity index (χ3n) is 3.53. The standard InChI is InChI=1S/C14H22N2O2/c1-2-14(15)11-3-5-12(6-4-11)16-7-8-18-10-13(16)9-17/h3-6,13-14,17H,2,7-10,15H2,1H3/t13?,14-/m1/s1. The molecular formula is C14H22N2O2. The van der Waals surface area contributed by atoms with Gasteiger partial charge in [-0.15, -0.1) is 0 Å². The van der Waals surface area contributed by atoms with Gasteiger partial charge in [0.2, 0.25) is 0 Å². The molecule has 4 heteroatoms. The Kier molecular flexibility index (Phi) is 4.58. The summed E-state index contributed by atoms with van der Waals surface area (Å²) in [6.45, 7) is 4.34. The summed E-state index contributed by atoms with van der Waals surface area (Å²) in [5.74, 6) is 0. The lowest BCUT2D eigenvalue weighted by molar-refractivity contribution is 0.0727. The van der Waals surface area contributed by atoms with Gasteiger partial charge in [0.1, 0.15) is 0 Å². The number of anilines is 1. The molecule has 1 aromatic carbocycles. The first-order valence-corrected chi connectivity index (χ1v) is 6.57. The first-order chi connectivity index (χ1) is 8.76. The number of aliphatic hydroxyl groups excluding tert-OH is 1. The summed E-state index contributed by atoms with van der Waals surface area (Å²) >= 11 is 0. The molecule has 1 fully saturated rings. The van der Waals surface area contributed by atoms with Crippen molar-refractivity contribution >= 4 is 5.69 Å². The maximum Gasteiger partial charge on any atom is 0.0755 e. The fraction of sp³-hybridized carbons (Fsp3) is 0.571. The van der Waals surface area contributed by atoms with Crippen LogP contribution in [0.15, 0.2) is 24.3 Å². The van der Waals surface area contributed by atoms with Gasteiger partial charge in [0.05, 0.1) is 25.9 Å². The molecule has 4 nitrogen and oxygen atoms in total. The molecule has 0 saturated carbocycles. The summed E-state index contributed by atoms with van der Waals surface area (Å²) in [5, 5.41) is 9.36. The molecule has 0 amide bonds. The van der Waals surface area contributed by atoms with Crippen molar-refractivity contribution in [3.63, 3.8) is 0 Å². The van der Waals surface area contributed by atoms with Crippen molar-refractivity contribution in [2.24, 2.45) is 5.73 Å². The lowest BCUT2D eigenvalue weighted by Crippen LogP contribution is -2.47. The molecule has 1 aliphatic rings. The van der Waals surface area contributed by atoms with Gasteiger partial charge >= 0.3 is 0 Å². The van der Waals surface area contributed by atoms with Crippen molar-refractivity contribution in [2.75, 3.05) is 31.3 Å². The molecule has 2 rings (SSSR count). The van der Waals surface area contributed by atoms with Crippen LogP contribution in [-0.2, 0) is 4.74 Å². The third-order valence-corrected chi connectivity index (χ3v) is 3.53. The lowest BCUT2D eigenvalue weighted by atomic mass is 10.0. The molecule has 1 aromatic rings. The van der Waals surface area contributed by atoms with Crippen LogP contribution in [0.1, 0.15) is 24.9 Å². The number of aliphatic hydroxyl groups is 1. The number of morpholine rings is 1. The molecule has 1 aliphatic heterocycles. The zero-order valence-corrected chi connectivity index (χ0v) is 10.9. The van der Waals surface area contributed by atoms with Crippen LogP contribution in [-0.4, -0.2) is 37.5 Å². The largest absolute Gasteiger partial charge is 0.394 e. The smallest absolute Gasteiger partial charge is 0.0755 e. The summed E-state index contributed by atoms with van der Waals surface area (Å²) < 4.78 is 5.38. The van der Waals surface area contributed by atoms with Crippen LogP contribution in [0.2, 0.25) is 0 Å². The van der Waals surface area contributed by atoms with Crippen LogP contribution in [0.25, 0.3) is 0 Å². The van der Waals surface area contributed by atoms with Gasteiger partial charge < -0.3 is 20.5 Å². The summed E-state index contributed by atoms with van der Waals surface area (Å²) in [6, 6.07) is 8.49. The van der Waals surface area contributed by atoms with Crippen LogP contribution < -0.4 is 10.6 Å². The van der Waals surface area contributed by atoms with E-state index in [0.717, 1.165) is 24.2 Å². The molecule has 0 spiro atoms. The minimum Gasteiger partial charge on any atom is -0.394 e. The molecule has 1 unspecified atom stereocenters. The van der Waals surface area contributed by atoms with Gasteiger partial charge in [0.15, 0.2) is 0 Å². The van der Waals surface area contributed by atoms with Gasteiger partial charge in [-0.2, -0.15) is 0 Å². The van der Waals surface area contributed by atoms with Crippen LogP contribution in [0.3, 0.4) is 0 Å². The maximum atomic E-state index is 9.36. The number of hydrogen-bond donors (Lipinski definition) is 2. The molecule has 0 radical (unpaired) electrons. The van der Waals surface area contributed by atoms with Gasteiger partial charge in [0, 0.05) is 18.3 Å². The predicted octanol–water partition coefficient (Wildman–Crippen LogP) is 1.29. The highest BCUT2D eigenvalue weighted by molar-refractivity contribution is 5.49. The third kappa shape index (κ3) is 2.83. The van der Waals surface area contributed by atoms with E-state index in [1.807, 2.05) is 0 Å². The second-order valence-electron chi connectivity index (χ2n) is 4.71. The number of rotatable bonds is 4. The van der Waals surface area contributed by atoms with E-state index >= 15 is 0 Å². The van der Waals surface area contributed by atoms with Crippen molar-refractivity contribution in [1.29, 1.82) is 0 Å². The summed E-state index contributed by atoms with van der Waals surface area (Å²) in [6.07, 6.45) is 0.941. The van der Waals surface area contributed by atoms with E-state index in [9.17, 15) is 5.11 Å². The minimum absolute atomic E-state index is 0.0597. The first kappa shape index (κ1) is 13.3. The Hall–Kier alpha value is -1.10. The van der Waals surface area contributed by atoms with Gasteiger partial charge in [-0.05, 0) is 24.1 Å². The highest BCUT2D eigenvalue weighted by Gasteiger charge is 2.22. The van der Waals surface area contributed by atoms with E-state index in [1.165, 1.54) is 0 Å². The Morgan fingerprint density at radius 2 is 2.17 bits per heavy atom. The van der Waals surface area contributed by atoms with Crippen LogP contribution >= 0.6 is 0 Å². The quantitative estimate of drug-likeness (QED) is 0.845. The molecule has 1 saturated heterocycles. The second kappa shape index (κ2) is 6.18. The van der Waals surface area contributed by atoms with E-state index in [0.29, 0.717) is 13.2 Å². The maximum absolute atomic E-state index is 9.36. The van der Waals surface area contributed by atoms with E-state index in [4.69, 9.17) is 10.5 Å². The topological polar surface area (TPSA) is 58.7 Å². The molecule has 0 aromatic heterocycles. The van der Waals surface area contributed by atoms with Crippen LogP contribution in [0, 0.1) is 0 Å². The Balaban J connectivity index is 2.12. The SMILES string of the molecule is CC[C@@H](N)c1ccc(N2CCOCC2CO)cc1. The van der Waals surface area contributed by atoms with E-state index in [1.54, 1.807) is 0 Å². The Bertz CT molecular complexity index is 367. The number of ether oxygens (including phenoxy) is 1. The predicted molar refractivity (Wildman–Crippen MR) is 72.7 cm³/mol. The number of nitrogens with two attached hydrogens (primary N) is 1. The summed E-state index contributed by atoms with van der Waals surface area (Å²) in [7, 11) is 0. The minimum atomic E-state index is 0.0597. The van der Waals surface area contributed by atoms with E-state index in [-0.39, 0.29) is 18.7 Å². The molecule has 3 N–H and O–H groups in total. The average Bonchev–Trinajstić information content (AvgIpc) is 2.46. The van der Waals surface area contributed by atoms with Crippen molar-refractivity contribution in [3.8, 4) is 0 Å². The van der Waals surface area contributed by atoms with Crippen molar-refractivity contribution in [3.05, 3.63) is 29.8 Å². The number of nitrogens with zero attached hydrogens (tertiary/aromatic N) is 1. The van der Waals surface area contributed by atoms with Crippen molar-refractivity contribution in [1.82, 2.24) is 0 Å². The molecule has 2 atom stereocenters. The summed E-state index contributed by atoms with van der Waals surface area (Å²) in [5.41, 5.74) is 8.29. The fourth-order valence-electron chi connectivity index (χ4n) is 2.29. The van der Waals surface area contributed by atoms with Crippen LogP contribution in [0.4, 0.5) is 5.69 Å². The average molecular weight is 250 g/mol. The molecule has 100 valence electrons. The molecule has 18 heavy (non-hydrogen) atoms. The molecular weight excluding hydrogens is 228 g/mol. The fourth-order valence-corrected chi connectivity index (χ4v) is 2.29. The van der Waals surface area contributed by atoms with Gasteiger partial charge in [-0.25, -0.2) is 0 Å². The number of hydrogen-bond acceptors (Lipinski definition) is 4. The van der Waals surface area contributed by atoms with Crippen molar-refractivity contribution < 1.29 is 9.84 Å². The molecule has 0 aliphatic carbocycles. The Labute approximate surface area is 108 Å². The summed E-state index contributed by atoms with van der Waals surface area (Å²) in [4.78, 5) is 2.20.